The average Bonchev–Trinajstić information content (AvgIpc) is 2.67. The predicted molar refractivity (Wildman–Crippen MR) is 99.1 cm³/mol. The van der Waals surface area contributed by atoms with E-state index in [0.29, 0.717) is 18.7 Å². The fourth-order valence-corrected chi connectivity index (χ4v) is 3.04. The van der Waals surface area contributed by atoms with Crippen LogP contribution < -0.4 is 15.4 Å². The Labute approximate surface area is 157 Å². The Balaban J connectivity index is 0.000000159. The Morgan fingerprint density at radius 1 is 0.926 bits per heavy atom. The van der Waals surface area contributed by atoms with Crippen LogP contribution in [0.25, 0.3) is 0 Å². The number of nitrogens with one attached hydrogen (secondary N) is 2. The van der Waals surface area contributed by atoms with E-state index in [1.54, 1.807) is 31.4 Å². The summed E-state index contributed by atoms with van der Waals surface area (Å²) in [6.45, 7) is 1.58. The van der Waals surface area contributed by atoms with Crippen LogP contribution in [0.15, 0.2) is 36.4 Å². The molecule has 0 radical (unpaired) electrons. The molecule has 7 heteroatoms. The van der Waals surface area contributed by atoms with E-state index in [2.05, 4.69) is 10.6 Å². The molecule has 2 aliphatic rings. The highest BCUT2D eigenvalue weighted by atomic mass is 16.7. The zero-order chi connectivity index (χ0) is 19.2. The standard InChI is InChI=1S/C11H13NO3.C9H9NO2/c1-14-7-15-9-2-3-10-8(6-9)4-5-12-11(10)13;11-7-1-2-8-6(5-7)3-4-10-9(8)12/h2-3,6H,4-5,7H2,1H3,(H,12,13);1-2,5,11H,3-4H2,(H,10,12). The summed E-state index contributed by atoms with van der Waals surface area (Å²) < 4.78 is 10.1. The van der Waals surface area contributed by atoms with Gasteiger partial charge in [-0.25, -0.2) is 0 Å². The molecule has 0 bridgehead atoms. The van der Waals surface area contributed by atoms with Crippen LogP contribution in [0.3, 0.4) is 0 Å². The van der Waals surface area contributed by atoms with Gasteiger partial charge < -0.3 is 25.2 Å². The Kier molecular flexibility index (Phi) is 5.93. The van der Waals surface area contributed by atoms with Crippen LogP contribution in [-0.2, 0) is 17.6 Å². The minimum Gasteiger partial charge on any atom is -0.508 e. The van der Waals surface area contributed by atoms with Gasteiger partial charge in [-0.2, -0.15) is 0 Å². The van der Waals surface area contributed by atoms with Crippen molar-refractivity contribution in [2.75, 3.05) is 27.0 Å². The van der Waals surface area contributed by atoms with Gasteiger partial charge >= 0.3 is 0 Å². The maximum atomic E-state index is 11.4. The third kappa shape index (κ3) is 4.57. The number of hydrogen-bond donors (Lipinski definition) is 3. The average molecular weight is 370 g/mol. The van der Waals surface area contributed by atoms with Crippen molar-refractivity contribution in [1.29, 1.82) is 0 Å². The van der Waals surface area contributed by atoms with E-state index in [9.17, 15) is 9.59 Å². The number of benzene rings is 2. The molecule has 0 saturated carbocycles. The molecule has 7 nitrogen and oxygen atoms in total. The molecular weight excluding hydrogens is 348 g/mol. The van der Waals surface area contributed by atoms with Crippen molar-refractivity contribution in [3.05, 3.63) is 58.7 Å². The molecule has 0 aromatic heterocycles. The van der Waals surface area contributed by atoms with Crippen molar-refractivity contribution < 1.29 is 24.2 Å². The van der Waals surface area contributed by atoms with Crippen molar-refractivity contribution in [3.8, 4) is 11.5 Å². The SMILES string of the molecule is COCOc1ccc2c(c1)CCNC2=O.O=C1NCCc2cc(O)ccc21. The van der Waals surface area contributed by atoms with E-state index in [4.69, 9.17) is 14.6 Å². The summed E-state index contributed by atoms with van der Waals surface area (Å²) in [7, 11) is 1.58. The van der Waals surface area contributed by atoms with Gasteiger partial charge in [0.15, 0.2) is 6.79 Å². The van der Waals surface area contributed by atoms with E-state index >= 15 is 0 Å². The fourth-order valence-electron chi connectivity index (χ4n) is 3.04. The highest BCUT2D eigenvalue weighted by Crippen LogP contribution is 2.21. The van der Waals surface area contributed by atoms with E-state index in [1.807, 2.05) is 6.07 Å². The van der Waals surface area contributed by atoms with Crippen LogP contribution >= 0.6 is 0 Å². The van der Waals surface area contributed by atoms with Crippen LogP contribution in [-0.4, -0.2) is 43.9 Å². The lowest BCUT2D eigenvalue weighted by atomic mass is 10.0. The molecule has 2 amide bonds. The summed E-state index contributed by atoms with van der Waals surface area (Å²) >= 11 is 0. The zero-order valence-corrected chi connectivity index (χ0v) is 15.1. The molecule has 0 fully saturated rings. The van der Waals surface area contributed by atoms with E-state index < -0.39 is 0 Å². The predicted octanol–water partition coefficient (Wildman–Crippen LogP) is 1.63. The molecule has 2 heterocycles. The molecule has 2 aromatic rings. The Morgan fingerprint density at radius 3 is 2.15 bits per heavy atom. The zero-order valence-electron chi connectivity index (χ0n) is 15.1. The van der Waals surface area contributed by atoms with Crippen molar-refractivity contribution in [3.63, 3.8) is 0 Å². The lowest BCUT2D eigenvalue weighted by Gasteiger charge is -2.17. The van der Waals surface area contributed by atoms with Gasteiger partial charge in [0.1, 0.15) is 11.5 Å². The molecule has 0 aliphatic carbocycles. The topological polar surface area (TPSA) is 96.9 Å². The van der Waals surface area contributed by atoms with Crippen molar-refractivity contribution >= 4 is 11.8 Å². The van der Waals surface area contributed by atoms with Crippen molar-refractivity contribution in [2.24, 2.45) is 0 Å². The van der Waals surface area contributed by atoms with Gasteiger partial charge in [-0.3, -0.25) is 9.59 Å². The largest absolute Gasteiger partial charge is 0.508 e. The smallest absolute Gasteiger partial charge is 0.251 e. The summed E-state index contributed by atoms with van der Waals surface area (Å²) in [5.41, 5.74) is 3.39. The second-order valence-corrected chi connectivity index (χ2v) is 6.22. The molecule has 142 valence electrons. The van der Waals surface area contributed by atoms with Gasteiger partial charge in [0.2, 0.25) is 0 Å². The normalized spacial score (nSPS) is 14.7. The lowest BCUT2D eigenvalue weighted by Crippen LogP contribution is -2.31. The molecule has 0 unspecified atom stereocenters. The van der Waals surface area contributed by atoms with Crippen LogP contribution in [0.2, 0.25) is 0 Å². The van der Waals surface area contributed by atoms with Crippen LogP contribution in [0.4, 0.5) is 0 Å². The summed E-state index contributed by atoms with van der Waals surface area (Å²) in [4.78, 5) is 22.6. The van der Waals surface area contributed by atoms with Gasteiger partial charge in [-0.1, -0.05) is 0 Å². The minimum absolute atomic E-state index is 0.00505. The Bertz CT molecular complexity index is 850. The molecule has 27 heavy (non-hydrogen) atoms. The number of phenols is 1. The maximum Gasteiger partial charge on any atom is 0.251 e. The molecule has 0 saturated heterocycles. The molecular formula is C20H22N2O5. The molecule has 4 rings (SSSR count). The monoisotopic (exact) mass is 370 g/mol. The van der Waals surface area contributed by atoms with Crippen LogP contribution in [0.5, 0.6) is 11.5 Å². The van der Waals surface area contributed by atoms with Crippen LogP contribution in [0, 0.1) is 0 Å². The molecule has 0 atom stereocenters. The number of rotatable bonds is 3. The number of carbonyl (C=O) groups excluding carboxylic acids is 2. The van der Waals surface area contributed by atoms with Crippen LogP contribution in [0.1, 0.15) is 31.8 Å². The Morgan fingerprint density at radius 2 is 1.52 bits per heavy atom. The lowest BCUT2D eigenvalue weighted by molar-refractivity contribution is 0.0510. The summed E-state index contributed by atoms with van der Waals surface area (Å²) in [6, 6.07) is 10.3. The number of ether oxygens (including phenoxy) is 2. The molecule has 3 N–H and O–H groups in total. The quantitative estimate of drug-likeness (QED) is 0.714. The number of fused-ring (bicyclic) bond motifs is 2. The molecule has 2 aromatic carbocycles. The summed E-state index contributed by atoms with van der Waals surface area (Å²) in [5.74, 6) is 0.916. The van der Waals surface area contributed by atoms with E-state index in [-0.39, 0.29) is 24.4 Å². The van der Waals surface area contributed by atoms with Gasteiger partial charge in [0.05, 0.1) is 0 Å². The highest BCUT2D eigenvalue weighted by molar-refractivity contribution is 5.97. The van der Waals surface area contributed by atoms with E-state index in [0.717, 1.165) is 35.3 Å². The fraction of sp³-hybridized carbons (Fsp3) is 0.300. The minimum atomic E-state index is -0.0451. The third-order valence-corrected chi connectivity index (χ3v) is 4.36. The number of methoxy groups -OCH3 is 1. The molecule has 2 aliphatic heterocycles. The molecule has 0 spiro atoms. The number of carbonyl (C=O) groups is 2. The first-order valence-corrected chi connectivity index (χ1v) is 8.71. The first-order chi connectivity index (χ1) is 13.1. The van der Waals surface area contributed by atoms with Gasteiger partial charge in [0.25, 0.3) is 11.8 Å². The first-order valence-electron chi connectivity index (χ1n) is 8.71. The van der Waals surface area contributed by atoms with Crippen molar-refractivity contribution in [2.45, 2.75) is 12.8 Å². The second-order valence-electron chi connectivity index (χ2n) is 6.22. The number of hydrogen-bond acceptors (Lipinski definition) is 5. The van der Waals surface area contributed by atoms with Gasteiger partial charge in [-0.15, -0.1) is 0 Å². The van der Waals surface area contributed by atoms with Gasteiger partial charge in [0, 0.05) is 31.3 Å². The summed E-state index contributed by atoms with van der Waals surface area (Å²) in [6.07, 6.45) is 1.65. The third-order valence-electron chi connectivity index (χ3n) is 4.36. The van der Waals surface area contributed by atoms with E-state index in [1.165, 1.54) is 6.07 Å². The number of phenolic OH excluding ortho intramolecular Hbond substituents is 1. The van der Waals surface area contributed by atoms with Gasteiger partial charge in [-0.05, 0) is 60.4 Å². The highest BCUT2D eigenvalue weighted by Gasteiger charge is 2.17. The summed E-state index contributed by atoms with van der Waals surface area (Å²) in [5, 5.41) is 14.7. The second kappa shape index (κ2) is 8.55. The Hall–Kier alpha value is -3.06. The first kappa shape index (κ1) is 18.7. The number of amides is 2. The van der Waals surface area contributed by atoms with Crippen molar-refractivity contribution in [1.82, 2.24) is 10.6 Å². The number of aromatic hydroxyl groups is 1. The maximum absolute atomic E-state index is 11.4.